The van der Waals surface area contributed by atoms with Crippen LogP contribution in [0.25, 0.3) is 0 Å². The van der Waals surface area contributed by atoms with E-state index in [-0.39, 0.29) is 17.4 Å². The van der Waals surface area contributed by atoms with Crippen LogP contribution in [0.3, 0.4) is 0 Å². The van der Waals surface area contributed by atoms with Gasteiger partial charge < -0.3 is 14.2 Å². The molecule has 0 aromatic rings. The smallest absolute Gasteiger partial charge is 0.321 e. The molecule has 0 heterocycles. The maximum Gasteiger partial charge on any atom is 0.343 e. The maximum atomic E-state index is 11.2. The summed E-state index contributed by atoms with van der Waals surface area (Å²) < 4.78 is 16.5. The fourth-order valence-electron chi connectivity index (χ4n) is 1.30. The van der Waals surface area contributed by atoms with Crippen LogP contribution in [-0.2, 0) is 19.0 Å². The number of rotatable bonds is 13. The van der Waals surface area contributed by atoms with Crippen LogP contribution in [-0.4, -0.2) is 49.4 Å². The van der Waals surface area contributed by atoms with Gasteiger partial charge in [0.2, 0.25) is 6.29 Å². The Morgan fingerprint density at radius 2 is 1.11 bits per heavy atom. The van der Waals surface area contributed by atoms with Crippen LogP contribution >= 0.6 is 0 Å². The summed E-state index contributed by atoms with van der Waals surface area (Å²) in [5.41, 5.74) is 0. The molecule has 0 N–H and O–H groups in total. The molecule has 0 aromatic heterocycles. The van der Waals surface area contributed by atoms with Crippen molar-refractivity contribution in [2.45, 2.75) is 65.3 Å². The Kier molecular flexibility index (Phi) is 16.3. The highest BCUT2D eigenvalue weighted by Crippen LogP contribution is 2.15. The molecule has 5 heteroatoms. The van der Waals surface area contributed by atoms with Gasteiger partial charge in [-0.1, -0.05) is 40.0 Å². The van der Waals surface area contributed by atoms with Gasteiger partial charge in [0.15, 0.2) is 17.4 Å². The molecule has 19 heavy (non-hydrogen) atoms. The number of carbonyl (C=O) groups is 1. The lowest BCUT2D eigenvalue weighted by Crippen LogP contribution is -2.42. The number of aldehydes is 1. The van der Waals surface area contributed by atoms with E-state index in [4.69, 9.17) is 14.2 Å². The summed E-state index contributed by atoms with van der Waals surface area (Å²) in [6.07, 6.45) is 6.35. The van der Waals surface area contributed by atoms with Gasteiger partial charge in [-0.3, -0.25) is 4.79 Å². The highest BCUT2D eigenvalue weighted by Gasteiger charge is 2.33. The Morgan fingerprint density at radius 1 is 0.789 bits per heavy atom. The first-order valence-electron chi connectivity index (χ1n) is 7.12. The van der Waals surface area contributed by atoms with Crippen molar-refractivity contribution in [3.05, 3.63) is 0 Å². The maximum absolute atomic E-state index is 11.2. The van der Waals surface area contributed by atoms with Crippen LogP contribution < -0.4 is 0 Å². The molecular formula is C14H31AlO4. The van der Waals surface area contributed by atoms with Gasteiger partial charge in [0.1, 0.15) is 0 Å². The molecule has 0 aliphatic rings. The first kappa shape index (κ1) is 21.4. The van der Waals surface area contributed by atoms with Crippen molar-refractivity contribution in [1.82, 2.24) is 0 Å². The predicted molar refractivity (Wildman–Crippen MR) is 81.3 cm³/mol. The van der Waals surface area contributed by atoms with Crippen molar-refractivity contribution < 1.29 is 19.0 Å². The molecule has 0 rings (SSSR count). The first-order valence-corrected chi connectivity index (χ1v) is 7.12. The van der Waals surface area contributed by atoms with Gasteiger partial charge in [0, 0.05) is 0 Å². The second kappa shape index (κ2) is 14.5. The van der Waals surface area contributed by atoms with E-state index in [0.717, 1.165) is 38.5 Å². The molecule has 0 amide bonds. The van der Waals surface area contributed by atoms with Crippen LogP contribution in [0.2, 0.25) is 0 Å². The van der Waals surface area contributed by atoms with Crippen LogP contribution in [0.1, 0.15) is 59.3 Å². The van der Waals surface area contributed by atoms with Crippen molar-refractivity contribution in [3.8, 4) is 0 Å². The summed E-state index contributed by atoms with van der Waals surface area (Å²) in [6.45, 7) is 7.65. The molecule has 0 saturated carbocycles. The molecule has 0 saturated heterocycles. The first-order chi connectivity index (χ1) is 8.74. The van der Waals surface area contributed by atoms with Gasteiger partial charge in [-0.15, -0.1) is 0 Å². The largest absolute Gasteiger partial charge is 0.343 e. The highest BCUT2D eigenvalue weighted by molar-refractivity contribution is 5.75. The number of hydrogen-bond donors (Lipinski definition) is 0. The van der Waals surface area contributed by atoms with Gasteiger partial charge in [-0.25, -0.2) is 0 Å². The highest BCUT2D eigenvalue weighted by atomic mass is 27.0. The van der Waals surface area contributed by atoms with Crippen LogP contribution in [0.5, 0.6) is 0 Å². The number of hydrogen-bond acceptors (Lipinski definition) is 4. The fourth-order valence-corrected chi connectivity index (χ4v) is 1.30. The van der Waals surface area contributed by atoms with E-state index in [9.17, 15) is 4.79 Å². The van der Waals surface area contributed by atoms with E-state index in [1.165, 1.54) is 0 Å². The van der Waals surface area contributed by atoms with E-state index >= 15 is 0 Å². The molecule has 0 fully saturated rings. The lowest BCUT2D eigenvalue weighted by molar-refractivity contribution is -0.347. The van der Waals surface area contributed by atoms with E-state index in [0.29, 0.717) is 26.1 Å². The van der Waals surface area contributed by atoms with E-state index in [1.807, 2.05) is 0 Å². The summed E-state index contributed by atoms with van der Waals surface area (Å²) in [6, 6.07) is 0. The quantitative estimate of drug-likeness (QED) is 0.225. The third-order valence-corrected chi connectivity index (χ3v) is 2.55. The van der Waals surface area contributed by atoms with E-state index in [1.54, 1.807) is 0 Å². The normalized spacial score (nSPS) is 11.1. The SMILES string of the molecule is CCCCOC(C=O)(OCCCC)OCCCC.[AlH3]. The Labute approximate surface area is 128 Å². The van der Waals surface area contributed by atoms with Gasteiger partial charge in [0.05, 0.1) is 19.8 Å². The second-order valence-electron chi connectivity index (χ2n) is 4.33. The van der Waals surface area contributed by atoms with Gasteiger partial charge in [-0.05, 0) is 19.3 Å². The number of carbonyl (C=O) groups excluding carboxylic acids is 1. The van der Waals surface area contributed by atoms with Gasteiger partial charge in [-0.2, -0.15) is 0 Å². The average Bonchev–Trinajstić information content (AvgIpc) is 2.39. The summed E-state index contributed by atoms with van der Waals surface area (Å²) in [5, 5.41) is 0. The van der Waals surface area contributed by atoms with Gasteiger partial charge in [0.25, 0.3) is 0 Å². The van der Waals surface area contributed by atoms with Crippen molar-refractivity contribution in [1.29, 1.82) is 0 Å². The summed E-state index contributed by atoms with van der Waals surface area (Å²) >= 11 is 0. The molecule has 0 unspecified atom stereocenters. The summed E-state index contributed by atoms with van der Waals surface area (Å²) in [4.78, 5) is 11.2. The molecule has 0 spiro atoms. The Bertz CT molecular complexity index is 173. The lowest BCUT2D eigenvalue weighted by Gasteiger charge is -2.28. The van der Waals surface area contributed by atoms with Crippen LogP contribution in [0.15, 0.2) is 0 Å². The zero-order chi connectivity index (χ0) is 13.7. The second-order valence-corrected chi connectivity index (χ2v) is 4.33. The topological polar surface area (TPSA) is 44.8 Å². The molecule has 0 aliphatic carbocycles. The average molecular weight is 290 g/mol. The van der Waals surface area contributed by atoms with Crippen LogP contribution in [0, 0.1) is 0 Å². The number of ether oxygens (including phenoxy) is 3. The Balaban J connectivity index is 0. The Morgan fingerprint density at radius 3 is 1.32 bits per heavy atom. The molecule has 0 atom stereocenters. The number of unbranched alkanes of at least 4 members (excludes halogenated alkanes) is 3. The predicted octanol–water partition coefficient (Wildman–Crippen LogP) is 2.11. The van der Waals surface area contributed by atoms with Crippen molar-refractivity contribution in [3.63, 3.8) is 0 Å². The molecule has 0 bridgehead atoms. The molecule has 0 aliphatic heterocycles. The van der Waals surface area contributed by atoms with Crippen LogP contribution in [0.4, 0.5) is 0 Å². The minimum absolute atomic E-state index is 0. The minimum Gasteiger partial charge on any atom is -0.321 e. The molecule has 114 valence electrons. The molecular weight excluding hydrogens is 259 g/mol. The third kappa shape index (κ3) is 10.5. The zero-order valence-corrected chi connectivity index (χ0v) is 12.1. The van der Waals surface area contributed by atoms with Crippen molar-refractivity contribution in [2.75, 3.05) is 19.8 Å². The zero-order valence-electron chi connectivity index (χ0n) is 12.1. The van der Waals surface area contributed by atoms with Crippen molar-refractivity contribution >= 4 is 23.6 Å². The Hall–Kier alpha value is 0.0825. The monoisotopic (exact) mass is 290 g/mol. The van der Waals surface area contributed by atoms with E-state index < -0.39 is 5.97 Å². The van der Waals surface area contributed by atoms with Gasteiger partial charge >= 0.3 is 5.97 Å². The fraction of sp³-hybridized carbons (Fsp3) is 0.929. The summed E-state index contributed by atoms with van der Waals surface area (Å²) in [7, 11) is 0. The van der Waals surface area contributed by atoms with Crippen molar-refractivity contribution in [2.24, 2.45) is 0 Å². The molecule has 0 radical (unpaired) electrons. The van der Waals surface area contributed by atoms with E-state index in [2.05, 4.69) is 20.8 Å². The third-order valence-electron chi connectivity index (χ3n) is 2.55. The molecule has 0 aromatic carbocycles. The standard InChI is InChI=1S/C14H28O4.Al.3H/c1-4-7-10-16-14(13-15,17-11-8-5-2)18-12-9-6-3;;;;/h13H,4-12H2,1-3H3;;;;. The summed E-state index contributed by atoms with van der Waals surface area (Å²) in [5.74, 6) is -1.49. The lowest BCUT2D eigenvalue weighted by atomic mass is 10.3. The minimum atomic E-state index is -1.49. The molecule has 4 nitrogen and oxygen atoms in total.